The third-order valence-corrected chi connectivity index (χ3v) is 3.49. The second kappa shape index (κ2) is 5.58. The van der Waals surface area contributed by atoms with Crippen molar-refractivity contribution in [2.45, 2.75) is 32.9 Å². The van der Waals surface area contributed by atoms with Gasteiger partial charge in [0.25, 0.3) is 11.6 Å². The highest BCUT2D eigenvalue weighted by molar-refractivity contribution is 5.94. The lowest BCUT2D eigenvalue weighted by Gasteiger charge is -2.36. The number of nitrogens with zero attached hydrogens (tertiary/aromatic N) is 2. The first-order valence-electron chi connectivity index (χ1n) is 6.69. The minimum Gasteiger partial charge on any atom is -0.336 e. The molecule has 1 fully saturated rings. The van der Waals surface area contributed by atoms with E-state index in [1.165, 1.54) is 12.1 Å². The van der Waals surface area contributed by atoms with Gasteiger partial charge in [-0.25, -0.2) is 0 Å². The molecule has 2 atom stereocenters. The van der Waals surface area contributed by atoms with Crippen LogP contribution in [0.5, 0.6) is 0 Å². The monoisotopic (exact) mass is 277 g/mol. The first kappa shape index (κ1) is 14.5. The van der Waals surface area contributed by atoms with Gasteiger partial charge in [0, 0.05) is 42.4 Å². The second-order valence-corrected chi connectivity index (χ2v) is 5.44. The topological polar surface area (TPSA) is 75.5 Å². The van der Waals surface area contributed by atoms with Crippen molar-refractivity contribution in [1.82, 2.24) is 10.2 Å². The molecule has 0 aromatic heterocycles. The van der Waals surface area contributed by atoms with Crippen molar-refractivity contribution >= 4 is 11.6 Å². The average molecular weight is 277 g/mol. The predicted octanol–water partition coefficient (Wildman–Crippen LogP) is 1.73. The summed E-state index contributed by atoms with van der Waals surface area (Å²) in [5, 5.41) is 14.2. The van der Waals surface area contributed by atoms with Gasteiger partial charge >= 0.3 is 0 Å². The first-order valence-corrected chi connectivity index (χ1v) is 6.69. The van der Waals surface area contributed by atoms with Crippen LogP contribution >= 0.6 is 0 Å². The van der Waals surface area contributed by atoms with Crippen LogP contribution in [0.25, 0.3) is 0 Å². The molecule has 6 nitrogen and oxygen atoms in total. The number of carbonyl (C=O) groups excluding carboxylic acids is 1. The molecule has 0 radical (unpaired) electrons. The number of nitro benzene ring substituents is 1. The SMILES string of the molecule is Cc1cc(C(=O)N2CC(C)NC(C)C2)ccc1[N+](=O)[O-]. The van der Waals surface area contributed by atoms with Crippen LogP contribution in [0.1, 0.15) is 29.8 Å². The maximum atomic E-state index is 12.5. The van der Waals surface area contributed by atoms with Gasteiger partial charge < -0.3 is 10.2 Å². The Bertz CT molecular complexity index is 534. The Kier molecular flexibility index (Phi) is 4.04. The first-order chi connectivity index (χ1) is 9.38. The molecule has 0 aliphatic carbocycles. The van der Waals surface area contributed by atoms with Crippen molar-refractivity contribution in [3.05, 3.63) is 39.4 Å². The van der Waals surface area contributed by atoms with Crippen LogP contribution in [0.3, 0.4) is 0 Å². The van der Waals surface area contributed by atoms with Crippen molar-refractivity contribution in [2.75, 3.05) is 13.1 Å². The Hall–Kier alpha value is -1.95. The highest BCUT2D eigenvalue weighted by Gasteiger charge is 2.26. The number of carbonyl (C=O) groups is 1. The number of benzene rings is 1. The minimum atomic E-state index is -0.432. The zero-order valence-corrected chi connectivity index (χ0v) is 11.9. The normalized spacial score (nSPS) is 22.6. The van der Waals surface area contributed by atoms with Gasteiger partial charge in [-0.05, 0) is 32.9 Å². The molecule has 0 spiro atoms. The van der Waals surface area contributed by atoms with E-state index >= 15 is 0 Å². The number of piperazine rings is 1. The minimum absolute atomic E-state index is 0.0450. The summed E-state index contributed by atoms with van der Waals surface area (Å²) in [5.74, 6) is -0.0665. The fourth-order valence-electron chi connectivity index (χ4n) is 2.67. The highest BCUT2D eigenvalue weighted by Crippen LogP contribution is 2.20. The van der Waals surface area contributed by atoms with E-state index in [2.05, 4.69) is 5.32 Å². The summed E-state index contributed by atoms with van der Waals surface area (Å²) in [5.41, 5.74) is 1.06. The summed E-state index contributed by atoms with van der Waals surface area (Å²) in [4.78, 5) is 24.6. The van der Waals surface area contributed by atoms with Gasteiger partial charge in [-0.2, -0.15) is 0 Å². The summed E-state index contributed by atoms with van der Waals surface area (Å²) < 4.78 is 0. The molecule has 1 N–H and O–H groups in total. The molecule has 0 saturated carbocycles. The van der Waals surface area contributed by atoms with Crippen molar-refractivity contribution < 1.29 is 9.72 Å². The van der Waals surface area contributed by atoms with Crippen LogP contribution in [-0.2, 0) is 0 Å². The molecule has 1 heterocycles. The summed E-state index contributed by atoms with van der Waals surface area (Å²) >= 11 is 0. The lowest BCUT2D eigenvalue weighted by molar-refractivity contribution is -0.385. The summed E-state index contributed by atoms with van der Waals surface area (Å²) in [6.07, 6.45) is 0. The van der Waals surface area contributed by atoms with Gasteiger partial charge in [-0.3, -0.25) is 14.9 Å². The van der Waals surface area contributed by atoms with Gasteiger partial charge in [-0.1, -0.05) is 0 Å². The molecule has 1 saturated heterocycles. The van der Waals surface area contributed by atoms with Gasteiger partial charge in [0.1, 0.15) is 0 Å². The Morgan fingerprint density at radius 2 is 1.95 bits per heavy atom. The number of nitrogens with one attached hydrogen (secondary N) is 1. The molecule has 6 heteroatoms. The van der Waals surface area contributed by atoms with Gasteiger partial charge in [0.15, 0.2) is 0 Å². The van der Waals surface area contributed by atoms with Crippen molar-refractivity contribution in [3.8, 4) is 0 Å². The number of hydrogen-bond acceptors (Lipinski definition) is 4. The molecule has 1 aliphatic heterocycles. The lowest BCUT2D eigenvalue weighted by atomic mass is 10.1. The van der Waals surface area contributed by atoms with Crippen molar-refractivity contribution in [1.29, 1.82) is 0 Å². The Balaban J connectivity index is 2.21. The Morgan fingerprint density at radius 3 is 2.45 bits per heavy atom. The standard InChI is InChI=1S/C14H19N3O3/c1-9-6-12(4-5-13(9)17(19)20)14(18)16-7-10(2)15-11(3)8-16/h4-6,10-11,15H,7-8H2,1-3H3. The zero-order valence-electron chi connectivity index (χ0n) is 11.9. The molecule has 1 aromatic carbocycles. The van der Waals surface area contributed by atoms with Crippen molar-refractivity contribution in [2.24, 2.45) is 0 Å². The number of aryl methyl sites for hydroxylation is 1. The molecule has 2 unspecified atom stereocenters. The molecule has 1 aromatic rings. The third kappa shape index (κ3) is 2.96. The van der Waals surface area contributed by atoms with Crippen LogP contribution in [-0.4, -0.2) is 40.9 Å². The molecule has 108 valence electrons. The molecule has 20 heavy (non-hydrogen) atoms. The molecule has 2 rings (SSSR count). The maximum Gasteiger partial charge on any atom is 0.272 e. The summed E-state index contributed by atoms with van der Waals surface area (Å²) in [7, 11) is 0. The van der Waals surface area contributed by atoms with E-state index in [-0.39, 0.29) is 23.7 Å². The number of hydrogen-bond donors (Lipinski definition) is 1. The quantitative estimate of drug-likeness (QED) is 0.659. The maximum absolute atomic E-state index is 12.5. The highest BCUT2D eigenvalue weighted by atomic mass is 16.6. The Labute approximate surface area is 117 Å². The number of nitro groups is 1. The Morgan fingerprint density at radius 1 is 1.35 bits per heavy atom. The van der Waals surface area contributed by atoms with E-state index in [0.717, 1.165) is 0 Å². The van der Waals surface area contributed by atoms with Crippen molar-refractivity contribution in [3.63, 3.8) is 0 Å². The molecule has 1 amide bonds. The summed E-state index contributed by atoms with van der Waals surface area (Å²) in [6, 6.07) is 5.03. The third-order valence-electron chi connectivity index (χ3n) is 3.49. The van der Waals surface area contributed by atoms with Crippen LogP contribution in [0.15, 0.2) is 18.2 Å². The second-order valence-electron chi connectivity index (χ2n) is 5.44. The molecular weight excluding hydrogens is 258 g/mol. The van der Waals surface area contributed by atoms with E-state index in [1.54, 1.807) is 17.9 Å². The van der Waals surface area contributed by atoms with Crippen LogP contribution in [0.4, 0.5) is 5.69 Å². The smallest absolute Gasteiger partial charge is 0.272 e. The van der Waals surface area contributed by atoms with E-state index in [4.69, 9.17) is 0 Å². The van der Waals surface area contributed by atoms with E-state index in [9.17, 15) is 14.9 Å². The fourth-order valence-corrected chi connectivity index (χ4v) is 2.67. The number of amides is 1. The predicted molar refractivity (Wildman–Crippen MR) is 75.8 cm³/mol. The molecule has 0 bridgehead atoms. The lowest BCUT2D eigenvalue weighted by Crippen LogP contribution is -2.55. The van der Waals surface area contributed by atoms with Gasteiger partial charge in [-0.15, -0.1) is 0 Å². The van der Waals surface area contributed by atoms with E-state index < -0.39 is 4.92 Å². The number of rotatable bonds is 2. The van der Waals surface area contributed by atoms with E-state index in [1.807, 2.05) is 13.8 Å². The van der Waals surface area contributed by atoms with Crippen LogP contribution in [0, 0.1) is 17.0 Å². The summed E-state index contributed by atoms with van der Waals surface area (Å²) in [6.45, 7) is 7.03. The van der Waals surface area contributed by atoms with E-state index in [0.29, 0.717) is 24.2 Å². The largest absolute Gasteiger partial charge is 0.336 e. The van der Waals surface area contributed by atoms with Crippen LogP contribution < -0.4 is 5.32 Å². The average Bonchev–Trinajstić information content (AvgIpc) is 2.36. The van der Waals surface area contributed by atoms with Gasteiger partial charge in [0.2, 0.25) is 0 Å². The van der Waals surface area contributed by atoms with Crippen LogP contribution in [0.2, 0.25) is 0 Å². The molecular formula is C14H19N3O3. The zero-order chi connectivity index (χ0) is 14.9. The van der Waals surface area contributed by atoms with Gasteiger partial charge in [0.05, 0.1) is 4.92 Å². The molecule has 1 aliphatic rings. The fraction of sp³-hybridized carbons (Fsp3) is 0.500.